The molecule has 1 saturated carbocycles. The molecule has 1 aromatic heterocycles. The minimum Gasteiger partial charge on any atom is -0.461 e. The van der Waals surface area contributed by atoms with E-state index >= 15 is 0 Å². The standard InChI is InChI=1S/C25H41N3O4/c1-8-28-18(4)21(17(3)22(28)23(30)32-9-2)20(29)16-27(24(31)26-25(5,6)7)15-19-13-11-10-12-14-19/h19H,8-16H2,1-7H3,(H,26,31). The lowest BCUT2D eigenvalue weighted by atomic mass is 9.89. The van der Waals surface area contributed by atoms with E-state index < -0.39 is 5.97 Å². The van der Waals surface area contributed by atoms with E-state index in [2.05, 4.69) is 5.32 Å². The second kappa shape index (κ2) is 11.0. The second-order valence-corrected chi connectivity index (χ2v) is 9.89. The maximum Gasteiger partial charge on any atom is 0.355 e. The van der Waals surface area contributed by atoms with Gasteiger partial charge >= 0.3 is 12.0 Å². The van der Waals surface area contributed by atoms with Gasteiger partial charge in [-0.15, -0.1) is 0 Å². The topological polar surface area (TPSA) is 80.6 Å². The summed E-state index contributed by atoms with van der Waals surface area (Å²) < 4.78 is 7.06. The number of amides is 2. The summed E-state index contributed by atoms with van der Waals surface area (Å²) in [4.78, 5) is 40.8. The van der Waals surface area contributed by atoms with Crippen LogP contribution in [0.2, 0.25) is 0 Å². The zero-order valence-electron chi connectivity index (χ0n) is 21.0. The van der Waals surface area contributed by atoms with Crippen molar-refractivity contribution in [2.45, 2.75) is 92.7 Å². The van der Waals surface area contributed by atoms with Crippen molar-refractivity contribution in [3.05, 3.63) is 22.5 Å². The highest BCUT2D eigenvalue weighted by Gasteiger charge is 2.30. The molecule has 32 heavy (non-hydrogen) atoms. The molecule has 0 radical (unpaired) electrons. The van der Waals surface area contributed by atoms with Crippen molar-refractivity contribution < 1.29 is 19.1 Å². The Morgan fingerprint density at radius 2 is 1.72 bits per heavy atom. The van der Waals surface area contributed by atoms with Crippen LogP contribution in [0.5, 0.6) is 0 Å². The number of nitrogens with one attached hydrogen (secondary N) is 1. The van der Waals surface area contributed by atoms with Crippen LogP contribution in [0.15, 0.2) is 0 Å². The van der Waals surface area contributed by atoms with Crippen LogP contribution < -0.4 is 5.32 Å². The summed E-state index contributed by atoms with van der Waals surface area (Å²) in [5.74, 6) is -0.143. The van der Waals surface area contributed by atoms with Gasteiger partial charge in [0.1, 0.15) is 5.69 Å². The molecule has 7 heteroatoms. The first-order valence-corrected chi connectivity index (χ1v) is 12.0. The molecule has 1 aliphatic rings. The van der Waals surface area contributed by atoms with Gasteiger partial charge in [0.25, 0.3) is 0 Å². The molecule has 1 fully saturated rings. The monoisotopic (exact) mass is 447 g/mol. The Balaban J connectivity index is 2.33. The van der Waals surface area contributed by atoms with Crippen LogP contribution in [0.1, 0.15) is 98.8 Å². The molecule has 0 saturated heterocycles. The third-order valence-electron chi connectivity index (χ3n) is 6.14. The molecule has 1 aromatic rings. The lowest BCUT2D eigenvalue weighted by molar-refractivity contribution is 0.0512. The Kier molecular flexibility index (Phi) is 8.93. The van der Waals surface area contributed by atoms with E-state index in [-0.39, 0.29) is 30.5 Å². The maximum atomic E-state index is 13.5. The van der Waals surface area contributed by atoms with Gasteiger partial charge in [-0.05, 0) is 72.8 Å². The van der Waals surface area contributed by atoms with Gasteiger partial charge in [0.2, 0.25) is 0 Å². The highest BCUT2D eigenvalue weighted by atomic mass is 16.5. The van der Waals surface area contributed by atoms with E-state index in [1.54, 1.807) is 18.7 Å². The summed E-state index contributed by atoms with van der Waals surface area (Å²) in [6.07, 6.45) is 5.76. The van der Waals surface area contributed by atoms with Crippen LogP contribution >= 0.6 is 0 Å². The smallest absolute Gasteiger partial charge is 0.355 e. The van der Waals surface area contributed by atoms with Gasteiger partial charge in [0.15, 0.2) is 5.78 Å². The molecule has 1 aliphatic carbocycles. The highest BCUT2D eigenvalue weighted by Crippen LogP contribution is 2.27. The van der Waals surface area contributed by atoms with E-state index in [0.29, 0.717) is 35.8 Å². The number of Topliss-reactive ketones (excluding diaryl/α,β-unsaturated/α-hetero) is 1. The van der Waals surface area contributed by atoms with Crippen molar-refractivity contribution >= 4 is 17.8 Å². The number of hydrogen-bond acceptors (Lipinski definition) is 4. The molecule has 7 nitrogen and oxygen atoms in total. The Hall–Kier alpha value is -2.31. The second-order valence-electron chi connectivity index (χ2n) is 9.89. The first-order valence-electron chi connectivity index (χ1n) is 12.0. The fraction of sp³-hybridized carbons (Fsp3) is 0.720. The fourth-order valence-corrected chi connectivity index (χ4v) is 4.72. The predicted octanol–water partition coefficient (Wildman–Crippen LogP) is 4.87. The van der Waals surface area contributed by atoms with Crippen molar-refractivity contribution in [2.24, 2.45) is 5.92 Å². The fourth-order valence-electron chi connectivity index (χ4n) is 4.72. The molecule has 0 spiro atoms. The number of carbonyl (C=O) groups excluding carboxylic acids is 3. The molecule has 180 valence electrons. The van der Waals surface area contributed by atoms with E-state index in [0.717, 1.165) is 18.5 Å². The Morgan fingerprint density at radius 1 is 1.09 bits per heavy atom. The van der Waals surface area contributed by atoms with Gasteiger partial charge in [-0.25, -0.2) is 9.59 Å². The van der Waals surface area contributed by atoms with Crippen LogP contribution in [0, 0.1) is 19.8 Å². The number of hydrogen-bond donors (Lipinski definition) is 1. The van der Waals surface area contributed by atoms with Crippen LogP contribution in [0.3, 0.4) is 0 Å². The van der Waals surface area contributed by atoms with Crippen LogP contribution in [-0.2, 0) is 11.3 Å². The van der Waals surface area contributed by atoms with Crippen LogP contribution in [0.25, 0.3) is 0 Å². The average molecular weight is 448 g/mol. The average Bonchev–Trinajstić information content (AvgIpc) is 2.96. The lowest BCUT2D eigenvalue weighted by Gasteiger charge is -2.32. The summed E-state index contributed by atoms with van der Waals surface area (Å²) in [5.41, 5.74) is 1.92. The summed E-state index contributed by atoms with van der Waals surface area (Å²) in [6.45, 7) is 14.6. The minimum absolute atomic E-state index is 0.00388. The molecule has 0 aliphatic heterocycles. The van der Waals surface area contributed by atoms with Crippen LogP contribution in [0.4, 0.5) is 4.79 Å². The Morgan fingerprint density at radius 3 is 2.25 bits per heavy atom. The zero-order valence-corrected chi connectivity index (χ0v) is 21.0. The highest BCUT2D eigenvalue weighted by molar-refractivity contribution is 6.04. The number of esters is 1. The van der Waals surface area contributed by atoms with Crippen molar-refractivity contribution in [2.75, 3.05) is 19.7 Å². The molecule has 2 amide bonds. The quantitative estimate of drug-likeness (QED) is 0.455. The van der Waals surface area contributed by atoms with Crippen molar-refractivity contribution in [3.8, 4) is 0 Å². The summed E-state index contributed by atoms with van der Waals surface area (Å²) in [6, 6.07) is -0.215. The number of ether oxygens (including phenoxy) is 1. The van der Waals surface area contributed by atoms with E-state index in [1.165, 1.54) is 19.3 Å². The summed E-state index contributed by atoms with van der Waals surface area (Å²) >= 11 is 0. The van der Waals surface area contributed by atoms with Crippen molar-refractivity contribution in [3.63, 3.8) is 0 Å². The van der Waals surface area contributed by atoms with Gasteiger partial charge < -0.3 is 19.5 Å². The number of rotatable bonds is 8. The molecular formula is C25H41N3O4. The van der Waals surface area contributed by atoms with Gasteiger partial charge in [-0.2, -0.15) is 0 Å². The van der Waals surface area contributed by atoms with Crippen LogP contribution in [-0.4, -0.2) is 52.5 Å². The maximum absolute atomic E-state index is 13.5. The number of aromatic nitrogens is 1. The van der Waals surface area contributed by atoms with E-state index in [4.69, 9.17) is 4.74 Å². The Labute approximate surface area is 192 Å². The normalized spacial score (nSPS) is 14.8. The lowest BCUT2D eigenvalue weighted by Crippen LogP contribution is -2.51. The van der Waals surface area contributed by atoms with Gasteiger partial charge in [-0.1, -0.05) is 19.3 Å². The molecule has 2 rings (SSSR count). The van der Waals surface area contributed by atoms with Gasteiger partial charge in [0, 0.05) is 29.9 Å². The van der Waals surface area contributed by atoms with Gasteiger partial charge in [0.05, 0.1) is 13.2 Å². The third-order valence-corrected chi connectivity index (χ3v) is 6.14. The number of nitrogens with zero attached hydrogens (tertiary/aromatic N) is 2. The summed E-state index contributed by atoms with van der Waals surface area (Å²) in [5, 5.41) is 3.01. The zero-order chi connectivity index (χ0) is 24.1. The molecule has 1 N–H and O–H groups in total. The van der Waals surface area contributed by atoms with E-state index in [9.17, 15) is 14.4 Å². The number of ketones is 1. The molecule has 1 heterocycles. The Bertz CT molecular complexity index is 829. The first kappa shape index (κ1) is 25.9. The molecule has 0 bridgehead atoms. The minimum atomic E-state index is -0.418. The van der Waals surface area contributed by atoms with Crippen molar-refractivity contribution in [1.82, 2.24) is 14.8 Å². The number of urea groups is 1. The first-order chi connectivity index (χ1) is 15.0. The predicted molar refractivity (Wildman–Crippen MR) is 126 cm³/mol. The molecule has 0 unspecified atom stereocenters. The van der Waals surface area contributed by atoms with Gasteiger partial charge in [-0.3, -0.25) is 4.79 Å². The largest absolute Gasteiger partial charge is 0.461 e. The van der Waals surface area contributed by atoms with E-state index in [1.807, 2.05) is 39.2 Å². The summed E-state index contributed by atoms with van der Waals surface area (Å²) in [7, 11) is 0. The molecule has 0 aromatic carbocycles. The number of carbonyl (C=O) groups is 3. The molecule has 0 atom stereocenters. The van der Waals surface area contributed by atoms with Crippen molar-refractivity contribution in [1.29, 1.82) is 0 Å². The third kappa shape index (κ3) is 6.36. The molecular weight excluding hydrogens is 406 g/mol. The SMILES string of the molecule is CCOC(=O)c1c(C)c(C(=O)CN(CC2CCCCC2)C(=O)NC(C)(C)C)c(C)n1CC.